The zero-order valence-corrected chi connectivity index (χ0v) is 29.5. The monoisotopic (exact) mass is 673 g/mol. The van der Waals surface area contributed by atoms with Gasteiger partial charge in [-0.2, -0.15) is 12.7 Å². The molecule has 11 heteroatoms. The van der Waals surface area contributed by atoms with Crippen molar-refractivity contribution < 1.29 is 22.7 Å². The van der Waals surface area contributed by atoms with Crippen LogP contribution in [0.3, 0.4) is 0 Å². The van der Waals surface area contributed by atoms with Gasteiger partial charge in [-0.15, -0.1) is 0 Å². The number of likely N-dealkylation sites (tertiary alicyclic amines) is 1. The molecule has 3 aliphatic heterocycles. The molecule has 2 unspecified atom stereocenters. The molecule has 0 spiro atoms. The number of benzene rings is 2. The molecule has 48 heavy (non-hydrogen) atoms. The molecule has 5 aliphatic rings. The molecule has 2 bridgehead atoms. The fourth-order valence-corrected chi connectivity index (χ4v) is 10.5. The summed E-state index contributed by atoms with van der Waals surface area (Å²) in [6.45, 7) is 4.55. The third-order valence-corrected chi connectivity index (χ3v) is 13.8. The number of nitrogens with zero attached hydrogens (tertiary/aromatic N) is 4. The van der Waals surface area contributed by atoms with Crippen molar-refractivity contribution in [3.8, 4) is 17.0 Å². The van der Waals surface area contributed by atoms with Crippen LogP contribution >= 0.6 is 0 Å². The molecule has 2 saturated carbocycles. The van der Waals surface area contributed by atoms with E-state index in [1.165, 1.54) is 44.5 Å². The van der Waals surface area contributed by atoms with Gasteiger partial charge in [-0.05, 0) is 86.0 Å². The second-order valence-electron chi connectivity index (χ2n) is 15.2. The van der Waals surface area contributed by atoms with Crippen LogP contribution < -0.4 is 9.46 Å². The van der Waals surface area contributed by atoms with Crippen molar-refractivity contribution in [1.29, 1.82) is 0 Å². The van der Waals surface area contributed by atoms with Crippen molar-refractivity contribution in [3.05, 3.63) is 53.1 Å². The molecular formula is C37H47N5O5S. The van der Waals surface area contributed by atoms with Gasteiger partial charge in [-0.3, -0.25) is 9.59 Å². The van der Waals surface area contributed by atoms with E-state index < -0.39 is 21.5 Å². The van der Waals surface area contributed by atoms with Crippen LogP contribution in [0, 0.1) is 11.3 Å². The largest absolute Gasteiger partial charge is 0.497 e. The Labute approximate surface area is 283 Å². The Morgan fingerprint density at radius 2 is 1.69 bits per heavy atom. The predicted octanol–water partition coefficient (Wildman–Crippen LogP) is 4.94. The number of piperazine rings is 1. The smallest absolute Gasteiger partial charge is 0.303 e. The van der Waals surface area contributed by atoms with E-state index in [1.807, 2.05) is 18.2 Å². The number of hydrogen-bond acceptors (Lipinski definition) is 6. The SMILES string of the molecule is COc1ccc2c(c1)[C@@H]1[C@H](C)[C@]1(C(=O)N1C3CCC1CN(C)C3)Cn1c-2c(C2CCCCC2)c2ccc(C(=O)NS(=O)(=O)N(C)C)cc21. The standard InChI is InChI=1S/C37H47N5O5S/c1-22-33-30-18-27(47-5)14-16-28(30)34-32(23-9-7-6-8-10-23)29-15-11-24(35(43)38-48(45,46)39(2)3)17-31(29)41(34)21-37(22,33)36(44)42-25-12-13-26(42)20-40(4)19-25/h11,14-18,22-23,25-26,33H,6-10,12-13,19-21H2,1-5H3,(H,38,43)/t22-,25?,26?,33-,37+/m0/s1. The Hall–Kier alpha value is -3.41. The Kier molecular flexibility index (Phi) is 7.50. The minimum absolute atomic E-state index is 0.0417. The summed E-state index contributed by atoms with van der Waals surface area (Å²) in [5.41, 5.74) is 5.27. The highest BCUT2D eigenvalue weighted by Crippen LogP contribution is 2.70. The number of ether oxygens (including phenoxy) is 1. The highest BCUT2D eigenvalue weighted by atomic mass is 32.2. The summed E-state index contributed by atoms with van der Waals surface area (Å²) in [5, 5.41) is 1.08. The predicted molar refractivity (Wildman–Crippen MR) is 185 cm³/mol. The van der Waals surface area contributed by atoms with E-state index in [-0.39, 0.29) is 35.4 Å². The molecule has 0 radical (unpaired) electrons. The Bertz CT molecular complexity index is 1920. The highest BCUT2D eigenvalue weighted by Gasteiger charge is 2.71. The van der Waals surface area contributed by atoms with Crippen LogP contribution in [0.5, 0.6) is 5.75 Å². The number of fused-ring (bicyclic) bond motifs is 9. The molecule has 10 nitrogen and oxygen atoms in total. The van der Waals surface area contributed by atoms with Gasteiger partial charge < -0.3 is 19.1 Å². The van der Waals surface area contributed by atoms with Crippen LogP contribution in [-0.2, 0) is 21.5 Å². The number of methoxy groups -OCH3 is 1. The van der Waals surface area contributed by atoms with Gasteiger partial charge in [0, 0.05) is 73.8 Å². The van der Waals surface area contributed by atoms with E-state index in [2.05, 4.69) is 45.2 Å². The van der Waals surface area contributed by atoms with E-state index >= 15 is 4.79 Å². The Morgan fingerprint density at radius 1 is 0.979 bits per heavy atom. The van der Waals surface area contributed by atoms with Crippen molar-refractivity contribution in [2.45, 2.75) is 82.3 Å². The lowest BCUT2D eigenvalue weighted by molar-refractivity contribution is -0.144. The average molecular weight is 674 g/mol. The molecule has 8 rings (SSSR count). The first-order chi connectivity index (χ1) is 23.0. The zero-order chi connectivity index (χ0) is 33.7. The molecule has 2 saturated heterocycles. The number of aromatic nitrogens is 1. The highest BCUT2D eigenvalue weighted by molar-refractivity contribution is 7.87. The van der Waals surface area contributed by atoms with Crippen molar-refractivity contribution in [3.63, 3.8) is 0 Å². The average Bonchev–Trinajstić information content (AvgIpc) is 3.44. The van der Waals surface area contributed by atoms with E-state index in [4.69, 9.17) is 4.74 Å². The number of carbonyl (C=O) groups is 2. The molecule has 5 atom stereocenters. The first kappa shape index (κ1) is 31.8. The van der Waals surface area contributed by atoms with Crippen LogP contribution in [0.1, 0.15) is 85.2 Å². The van der Waals surface area contributed by atoms with Gasteiger partial charge >= 0.3 is 10.2 Å². The van der Waals surface area contributed by atoms with Crippen molar-refractivity contribution in [2.24, 2.45) is 11.3 Å². The van der Waals surface area contributed by atoms with Gasteiger partial charge in [0.2, 0.25) is 5.91 Å². The lowest BCUT2D eigenvalue weighted by atomic mass is 9.81. The summed E-state index contributed by atoms with van der Waals surface area (Å²) >= 11 is 0. The molecule has 4 heterocycles. The van der Waals surface area contributed by atoms with Gasteiger partial charge in [-0.25, -0.2) is 4.72 Å². The molecule has 2 aromatic carbocycles. The zero-order valence-electron chi connectivity index (χ0n) is 28.7. The number of hydrogen-bond donors (Lipinski definition) is 1. The summed E-state index contributed by atoms with van der Waals surface area (Å²) in [6.07, 6.45) is 7.83. The van der Waals surface area contributed by atoms with Crippen molar-refractivity contribution >= 4 is 32.9 Å². The summed E-state index contributed by atoms with van der Waals surface area (Å²) in [6, 6.07) is 12.4. The van der Waals surface area contributed by atoms with Crippen LogP contribution in [0.15, 0.2) is 36.4 Å². The lowest BCUT2D eigenvalue weighted by Crippen LogP contribution is -2.57. The number of likely N-dealkylation sites (N-methyl/N-ethyl adjacent to an activating group) is 1. The fourth-order valence-electron chi connectivity index (χ4n) is 9.95. The summed E-state index contributed by atoms with van der Waals surface area (Å²) in [5.74, 6) is 0.896. The van der Waals surface area contributed by atoms with Crippen LogP contribution in [0.2, 0.25) is 0 Å². The second kappa shape index (κ2) is 11.3. The molecule has 2 amide bonds. The lowest BCUT2D eigenvalue weighted by Gasteiger charge is -2.41. The maximum atomic E-state index is 15.2. The van der Waals surface area contributed by atoms with E-state index in [9.17, 15) is 13.2 Å². The molecule has 1 N–H and O–H groups in total. The summed E-state index contributed by atoms with van der Waals surface area (Å²) < 4.78 is 36.6. The molecule has 1 aromatic heterocycles. The second-order valence-corrected chi connectivity index (χ2v) is 17.1. The van der Waals surface area contributed by atoms with E-state index in [0.29, 0.717) is 12.5 Å². The first-order valence-electron chi connectivity index (χ1n) is 17.6. The van der Waals surface area contributed by atoms with Crippen molar-refractivity contribution in [1.82, 2.24) is 23.4 Å². The quantitative estimate of drug-likeness (QED) is 0.398. The van der Waals surface area contributed by atoms with Gasteiger partial charge in [0.1, 0.15) is 5.75 Å². The maximum Gasteiger partial charge on any atom is 0.303 e. The number of amides is 2. The fraction of sp³-hybridized carbons (Fsp3) is 0.568. The minimum Gasteiger partial charge on any atom is -0.497 e. The number of rotatable bonds is 6. The third kappa shape index (κ3) is 4.67. The van der Waals surface area contributed by atoms with Gasteiger partial charge in [0.15, 0.2) is 0 Å². The first-order valence-corrected chi connectivity index (χ1v) is 19.0. The van der Waals surface area contributed by atoms with Gasteiger partial charge in [0.25, 0.3) is 5.91 Å². The van der Waals surface area contributed by atoms with Gasteiger partial charge in [0.05, 0.1) is 18.2 Å². The summed E-state index contributed by atoms with van der Waals surface area (Å²) in [7, 11) is 2.67. The van der Waals surface area contributed by atoms with Gasteiger partial charge in [-0.1, -0.05) is 32.3 Å². The Balaban J connectivity index is 1.34. The van der Waals surface area contributed by atoms with Crippen molar-refractivity contribution in [2.75, 3.05) is 41.3 Å². The van der Waals surface area contributed by atoms with Crippen LogP contribution in [-0.4, -0.2) is 92.3 Å². The summed E-state index contributed by atoms with van der Waals surface area (Å²) in [4.78, 5) is 33.2. The molecular weight excluding hydrogens is 627 g/mol. The van der Waals surface area contributed by atoms with E-state index in [1.54, 1.807) is 13.2 Å². The molecule has 4 fully saturated rings. The van der Waals surface area contributed by atoms with Crippen LogP contribution in [0.25, 0.3) is 22.2 Å². The topological polar surface area (TPSA) is 104 Å². The Morgan fingerprint density at radius 3 is 2.35 bits per heavy atom. The minimum atomic E-state index is -3.97. The molecule has 3 aromatic rings. The maximum absolute atomic E-state index is 15.2. The van der Waals surface area contributed by atoms with Crippen LogP contribution in [0.4, 0.5) is 0 Å². The molecule has 256 valence electrons. The van der Waals surface area contributed by atoms with E-state index in [0.717, 1.165) is 71.0 Å². The third-order valence-electron chi connectivity index (χ3n) is 12.4. The number of carbonyl (C=O) groups excluding carboxylic acids is 2. The normalized spacial score (nSPS) is 28.5. The number of nitrogens with one attached hydrogen (secondary N) is 1. The molecule has 2 aliphatic carbocycles.